The average Bonchev–Trinajstić information content (AvgIpc) is 3.39. The Balaban J connectivity index is 1.69. The number of nitrogens with one attached hydrogen (secondary N) is 1. The second-order valence-electron chi connectivity index (χ2n) is 6.16. The van der Waals surface area contributed by atoms with Gasteiger partial charge in [-0.15, -0.1) is 0 Å². The van der Waals surface area contributed by atoms with Crippen LogP contribution in [0.5, 0.6) is 0 Å². The molecule has 1 N–H and O–H groups in total. The average molecular weight is 343 g/mol. The normalized spacial score (nSPS) is 14.8. The molecule has 0 bridgehead atoms. The van der Waals surface area contributed by atoms with E-state index in [1.807, 2.05) is 30.3 Å². The molecule has 0 aromatic heterocycles. The number of amides is 2. The van der Waals surface area contributed by atoms with E-state index in [-0.39, 0.29) is 11.8 Å². The van der Waals surface area contributed by atoms with Crippen LogP contribution in [0.2, 0.25) is 5.02 Å². The molecular weight excluding hydrogens is 324 g/mol. The van der Waals surface area contributed by atoms with Gasteiger partial charge in [0.05, 0.1) is 10.7 Å². The topological polar surface area (TPSA) is 49.4 Å². The van der Waals surface area contributed by atoms with Crippen LogP contribution in [0.3, 0.4) is 0 Å². The summed E-state index contributed by atoms with van der Waals surface area (Å²) in [5, 5.41) is 3.26. The second kappa shape index (κ2) is 6.65. The maximum Gasteiger partial charge on any atom is 0.240 e. The number of hydrogen-bond acceptors (Lipinski definition) is 2. The molecule has 2 aromatic rings. The summed E-state index contributed by atoms with van der Waals surface area (Å²) in [4.78, 5) is 27.0. The summed E-state index contributed by atoms with van der Waals surface area (Å²) in [6, 6.07) is 16.8. The highest BCUT2D eigenvalue weighted by Crippen LogP contribution is 2.48. The van der Waals surface area contributed by atoms with Gasteiger partial charge >= 0.3 is 0 Å². The Bertz CT molecular complexity index is 757. The predicted molar refractivity (Wildman–Crippen MR) is 94.7 cm³/mol. The molecule has 0 saturated heterocycles. The van der Waals surface area contributed by atoms with Gasteiger partial charge in [-0.25, -0.2) is 0 Å². The van der Waals surface area contributed by atoms with Gasteiger partial charge in [-0.1, -0.05) is 54.1 Å². The van der Waals surface area contributed by atoms with Crippen LogP contribution in [0.25, 0.3) is 0 Å². The lowest BCUT2D eigenvalue weighted by molar-refractivity contribution is -0.141. The Kier molecular flexibility index (Phi) is 4.58. The molecule has 3 rings (SSSR count). The fraction of sp³-hybridized carbons (Fsp3) is 0.263. The quantitative estimate of drug-likeness (QED) is 0.842. The highest BCUT2D eigenvalue weighted by molar-refractivity contribution is 6.34. The number of carbonyl (C=O) groups excluding carboxylic acids is 2. The fourth-order valence-electron chi connectivity index (χ4n) is 2.76. The predicted octanol–water partition coefficient (Wildman–Crippen LogP) is 3.72. The molecule has 2 aromatic carbocycles. The third-order valence-electron chi connectivity index (χ3n) is 4.33. The molecule has 1 saturated carbocycles. The standard InChI is InChI=1S/C19H19ClN2O2/c1-22(13-14-7-3-2-4-8-14)18(24)19(11-12-19)17(23)21-16-10-6-5-9-15(16)20/h2-10H,11-13H2,1H3,(H,21,23). The summed E-state index contributed by atoms with van der Waals surface area (Å²) in [7, 11) is 1.73. The van der Waals surface area contributed by atoms with Crippen molar-refractivity contribution in [1.82, 2.24) is 4.90 Å². The van der Waals surface area contributed by atoms with Crippen LogP contribution in [0.4, 0.5) is 5.69 Å². The van der Waals surface area contributed by atoms with Crippen LogP contribution in [0, 0.1) is 5.41 Å². The largest absolute Gasteiger partial charge is 0.340 e. The first kappa shape index (κ1) is 16.5. The number of benzene rings is 2. The zero-order chi connectivity index (χ0) is 17.2. The van der Waals surface area contributed by atoms with Gasteiger partial charge in [0, 0.05) is 13.6 Å². The second-order valence-corrected chi connectivity index (χ2v) is 6.57. The van der Waals surface area contributed by atoms with Crippen molar-refractivity contribution in [1.29, 1.82) is 0 Å². The molecule has 1 fully saturated rings. The minimum Gasteiger partial charge on any atom is -0.340 e. The summed E-state index contributed by atoms with van der Waals surface area (Å²) in [6.45, 7) is 0.487. The van der Waals surface area contributed by atoms with Crippen molar-refractivity contribution >= 4 is 29.1 Å². The first-order chi connectivity index (χ1) is 11.5. The zero-order valence-corrected chi connectivity index (χ0v) is 14.2. The SMILES string of the molecule is CN(Cc1ccccc1)C(=O)C1(C(=O)Nc2ccccc2Cl)CC1. The number of para-hydroxylation sites is 1. The van der Waals surface area contributed by atoms with E-state index in [2.05, 4.69) is 5.32 Å². The van der Waals surface area contributed by atoms with Gasteiger partial charge in [0.2, 0.25) is 11.8 Å². The van der Waals surface area contributed by atoms with Crippen molar-refractivity contribution in [2.45, 2.75) is 19.4 Å². The van der Waals surface area contributed by atoms with Crippen LogP contribution in [-0.2, 0) is 16.1 Å². The lowest BCUT2D eigenvalue weighted by Gasteiger charge is -2.23. The maximum absolute atomic E-state index is 12.8. The Morgan fingerprint density at radius 1 is 1.08 bits per heavy atom. The van der Waals surface area contributed by atoms with Crippen molar-refractivity contribution in [3.05, 3.63) is 65.2 Å². The highest BCUT2D eigenvalue weighted by Gasteiger charge is 2.57. The molecule has 0 radical (unpaired) electrons. The first-order valence-electron chi connectivity index (χ1n) is 7.88. The van der Waals surface area contributed by atoms with Crippen molar-refractivity contribution in [3.63, 3.8) is 0 Å². The number of carbonyl (C=O) groups is 2. The molecule has 1 aliphatic carbocycles. The minimum atomic E-state index is -0.956. The van der Waals surface area contributed by atoms with Crippen LogP contribution in [0.1, 0.15) is 18.4 Å². The van der Waals surface area contributed by atoms with Crippen molar-refractivity contribution in [2.75, 3.05) is 12.4 Å². The van der Waals surface area contributed by atoms with Gasteiger partial charge in [-0.05, 0) is 30.5 Å². The molecule has 0 unspecified atom stereocenters. The molecule has 24 heavy (non-hydrogen) atoms. The van der Waals surface area contributed by atoms with Crippen LogP contribution in [0.15, 0.2) is 54.6 Å². The van der Waals surface area contributed by atoms with Crippen molar-refractivity contribution in [2.24, 2.45) is 5.41 Å². The van der Waals surface area contributed by atoms with Crippen LogP contribution < -0.4 is 5.32 Å². The lowest BCUT2D eigenvalue weighted by Crippen LogP contribution is -2.40. The molecular formula is C19H19ClN2O2. The Hall–Kier alpha value is -2.33. The summed E-state index contributed by atoms with van der Waals surface area (Å²) < 4.78 is 0. The van der Waals surface area contributed by atoms with Gasteiger partial charge in [0.1, 0.15) is 5.41 Å². The third-order valence-corrected chi connectivity index (χ3v) is 4.65. The van der Waals surface area contributed by atoms with E-state index >= 15 is 0 Å². The van der Waals surface area contributed by atoms with Crippen molar-refractivity contribution in [3.8, 4) is 0 Å². The molecule has 0 aliphatic heterocycles. The zero-order valence-electron chi connectivity index (χ0n) is 13.5. The van der Waals surface area contributed by atoms with Gasteiger partial charge in [-0.2, -0.15) is 0 Å². The molecule has 4 nitrogen and oxygen atoms in total. The summed E-state index contributed by atoms with van der Waals surface area (Å²) in [5.41, 5.74) is 0.618. The summed E-state index contributed by atoms with van der Waals surface area (Å²) in [5.74, 6) is -0.420. The van der Waals surface area contributed by atoms with Gasteiger partial charge in [0.15, 0.2) is 0 Å². The van der Waals surface area contributed by atoms with Gasteiger partial charge in [-0.3, -0.25) is 9.59 Å². The first-order valence-corrected chi connectivity index (χ1v) is 8.26. The Morgan fingerprint density at radius 3 is 2.33 bits per heavy atom. The molecule has 1 aliphatic rings. The van der Waals surface area contributed by atoms with Crippen LogP contribution in [-0.4, -0.2) is 23.8 Å². The van der Waals surface area contributed by atoms with Gasteiger partial charge in [0.25, 0.3) is 0 Å². The highest BCUT2D eigenvalue weighted by atomic mass is 35.5. The summed E-state index contributed by atoms with van der Waals surface area (Å²) in [6.07, 6.45) is 1.14. The number of anilines is 1. The van der Waals surface area contributed by atoms with Crippen LogP contribution >= 0.6 is 11.6 Å². The smallest absolute Gasteiger partial charge is 0.240 e. The lowest BCUT2D eigenvalue weighted by atomic mass is 10.0. The third kappa shape index (κ3) is 3.29. The molecule has 0 spiro atoms. The summed E-state index contributed by atoms with van der Waals surface area (Å²) >= 11 is 6.08. The molecule has 124 valence electrons. The van der Waals surface area contributed by atoms with E-state index in [1.54, 1.807) is 36.2 Å². The van der Waals surface area contributed by atoms with E-state index in [9.17, 15) is 9.59 Å². The van der Waals surface area contributed by atoms with Crippen molar-refractivity contribution < 1.29 is 9.59 Å². The van der Waals surface area contributed by atoms with Gasteiger partial charge < -0.3 is 10.2 Å². The minimum absolute atomic E-state index is 0.143. The molecule has 5 heteroatoms. The number of halogens is 1. The number of rotatable bonds is 5. The number of hydrogen-bond donors (Lipinski definition) is 1. The molecule has 0 atom stereocenters. The fourth-order valence-corrected chi connectivity index (χ4v) is 2.94. The Labute approximate surface area is 146 Å². The maximum atomic E-state index is 12.8. The van der Waals surface area contributed by atoms with E-state index in [1.165, 1.54) is 0 Å². The van der Waals surface area contributed by atoms with E-state index in [0.29, 0.717) is 30.1 Å². The monoisotopic (exact) mass is 342 g/mol. The van der Waals surface area contributed by atoms with E-state index in [4.69, 9.17) is 11.6 Å². The van der Waals surface area contributed by atoms with E-state index in [0.717, 1.165) is 5.56 Å². The molecule has 2 amide bonds. The van der Waals surface area contributed by atoms with E-state index < -0.39 is 5.41 Å². The molecule has 0 heterocycles. The number of nitrogens with zero attached hydrogens (tertiary/aromatic N) is 1. The Morgan fingerprint density at radius 2 is 1.71 bits per heavy atom.